The van der Waals surface area contributed by atoms with Crippen molar-refractivity contribution in [2.45, 2.75) is 32.6 Å². The number of halogens is 1. The Morgan fingerprint density at radius 3 is 2.15 bits per heavy atom. The predicted molar refractivity (Wildman–Crippen MR) is 131 cm³/mol. The van der Waals surface area contributed by atoms with E-state index in [1.54, 1.807) is 12.1 Å². The van der Waals surface area contributed by atoms with Gasteiger partial charge in [0, 0.05) is 24.3 Å². The van der Waals surface area contributed by atoms with E-state index in [9.17, 15) is 14.0 Å². The van der Waals surface area contributed by atoms with Crippen molar-refractivity contribution in [1.29, 1.82) is 0 Å². The van der Waals surface area contributed by atoms with E-state index in [1.165, 1.54) is 22.6 Å². The average Bonchev–Trinajstić information content (AvgIpc) is 2.80. The molecule has 0 atom stereocenters. The van der Waals surface area contributed by atoms with E-state index in [-0.39, 0.29) is 17.0 Å². The second kappa shape index (κ2) is 10.8. The number of benzene rings is 3. The van der Waals surface area contributed by atoms with Crippen molar-refractivity contribution < 1.29 is 14.0 Å². The zero-order chi connectivity index (χ0) is 23.8. The summed E-state index contributed by atoms with van der Waals surface area (Å²) in [4.78, 5) is 26.9. The van der Waals surface area contributed by atoms with Crippen LogP contribution in [0.1, 0.15) is 43.1 Å². The molecular weight excluding hydrogens is 417 g/mol. The molecule has 33 heavy (non-hydrogen) atoms. The second-order valence-corrected chi connectivity index (χ2v) is 8.83. The number of urea groups is 1. The molecule has 0 fully saturated rings. The van der Waals surface area contributed by atoms with Crippen LogP contribution >= 0.6 is 0 Å². The highest BCUT2D eigenvalue weighted by Crippen LogP contribution is 2.22. The van der Waals surface area contributed by atoms with Gasteiger partial charge in [-0.1, -0.05) is 63.2 Å². The minimum atomic E-state index is -0.497. The Labute approximate surface area is 194 Å². The van der Waals surface area contributed by atoms with Crippen molar-refractivity contribution in [2.75, 3.05) is 23.3 Å². The molecule has 0 heterocycles. The Balaban J connectivity index is 1.59. The van der Waals surface area contributed by atoms with Crippen molar-refractivity contribution in [3.63, 3.8) is 0 Å². The third-order valence-electron chi connectivity index (χ3n) is 5.29. The number of amides is 3. The number of carbonyl (C=O) groups is 2. The van der Waals surface area contributed by atoms with E-state index in [1.807, 2.05) is 54.6 Å². The average molecular weight is 448 g/mol. The van der Waals surface area contributed by atoms with Gasteiger partial charge in [-0.15, -0.1) is 0 Å². The standard InChI is InChI=1S/C27H30FN3O2/c1-27(2,3)21-16-14-20(15-17-21)25(32)29-18-9-19-31(22-10-5-4-6-11-22)26(33)30-24-13-8-7-12-23(24)28/h4-8,10-17H,9,18-19H2,1-3H3,(H,29,32)(H,30,33). The van der Waals surface area contributed by atoms with Gasteiger partial charge in [-0.2, -0.15) is 0 Å². The fraction of sp³-hybridized carbons (Fsp3) is 0.259. The van der Waals surface area contributed by atoms with Gasteiger partial charge in [-0.05, 0) is 53.8 Å². The Hall–Kier alpha value is -3.67. The molecule has 0 saturated carbocycles. The van der Waals surface area contributed by atoms with Crippen molar-refractivity contribution in [3.8, 4) is 0 Å². The van der Waals surface area contributed by atoms with Crippen LogP contribution in [0.25, 0.3) is 0 Å². The molecule has 172 valence electrons. The van der Waals surface area contributed by atoms with E-state index < -0.39 is 11.8 Å². The summed E-state index contributed by atoms with van der Waals surface area (Å²) in [6.07, 6.45) is 0.533. The lowest BCUT2D eigenvalue weighted by atomic mass is 9.87. The van der Waals surface area contributed by atoms with Crippen LogP contribution in [0.4, 0.5) is 20.6 Å². The molecule has 0 spiro atoms. The number of nitrogens with zero attached hydrogens (tertiary/aromatic N) is 1. The van der Waals surface area contributed by atoms with E-state index in [2.05, 4.69) is 31.4 Å². The van der Waals surface area contributed by atoms with Gasteiger partial charge in [-0.3, -0.25) is 9.69 Å². The molecule has 5 nitrogen and oxygen atoms in total. The molecule has 3 aromatic rings. The first-order valence-electron chi connectivity index (χ1n) is 11.0. The highest BCUT2D eigenvalue weighted by molar-refractivity contribution is 6.01. The monoisotopic (exact) mass is 447 g/mol. The molecule has 0 aliphatic heterocycles. The van der Waals surface area contributed by atoms with Gasteiger partial charge in [0.1, 0.15) is 5.82 Å². The third kappa shape index (κ3) is 6.65. The lowest BCUT2D eigenvalue weighted by Gasteiger charge is -2.23. The van der Waals surface area contributed by atoms with Gasteiger partial charge >= 0.3 is 6.03 Å². The molecule has 3 aromatic carbocycles. The highest BCUT2D eigenvalue weighted by atomic mass is 19.1. The van der Waals surface area contributed by atoms with Crippen LogP contribution in [0.5, 0.6) is 0 Å². The quantitative estimate of drug-likeness (QED) is 0.438. The third-order valence-corrected chi connectivity index (χ3v) is 5.29. The molecule has 2 N–H and O–H groups in total. The van der Waals surface area contributed by atoms with E-state index in [0.29, 0.717) is 30.8 Å². The smallest absolute Gasteiger partial charge is 0.326 e. The minimum Gasteiger partial charge on any atom is -0.352 e. The van der Waals surface area contributed by atoms with Crippen LogP contribution in [0.15, 0.2) is 78.9 Å². The molecule has 0 bridgehead atoms. The van der Waals surface area contributed by atoms with Gasteiger partial charge in [0.15, 0.2) is 0 Å². The Bertz CT molecular complexity index is 1080. The summed E-state index contributed by atoms with van der Waals surface area (Å²) in [6, 6.07) is 22.4. The molecule has 0 radical (unpaired) electrons. The number of carbonyl (C=O) groups excluding carboxylic acids is 2. The van der Waals surface area contributed by atoms with E-state index >= 15 is 0 Å². The zero-order valence-electron chi connectivity index (χ0n) is 19.3. The zero-order valence-corrected chi connectivity index (χ0v) is 19.3. The van der Waals surface area contributed by atoms with Crippen LogP contribution in [0.3, 0.4) is 0 Å². The van der Waals surface area contributed by atoms with Crippen LogP contribution in [0, 0.1) is 5.82 Å². The van der Waals surface area contributed by atoms with Gasteiger partial charge in [0.25, 0.3) is 5.91 Å². The molecular formula is C27H30FN3O2. The number of hydrogen-bond acceptors (Lipinski definition) is 2. The van der Waals surface area contributed by atoms with Crippen molar-refractivity contribution in [2.24, 2.45) is 0 Å². The van der Waals surface area contributed by atoms with Gasteiger partial charge in [0.2, 0.25) is 0 Å². The van der Waals surface area contributed by atoms with E-state index in [4.69, 9.17) is 0 Å². The molecule has 0 unspecified atom stereocenters. The Morgan fingerprint density at radius 1 is 0.879 bits per heavy atom. The SMILES string of the molecule is CC(C)(C)c1ccc(C(=O)NCCCN(C(=O)Nc2ccccc2F)c2ccccc2)cc1. The van der Waals surface area contributed by atoms with Crippen molar-refractivity contribution in [1.82, 2.24) is 5.32 Å². The summed E-state index contributed by atoms with van der Waals surface area (Å²) in [7, 11) is 0. The Kier molecular flexibility index (Phi) is 7.83. The van der Waals surface area contributed by atoms with Gasteiger partial charge < -0.3 is 10.6 Å². The first kappa shape index (κ1) is 24.0. The summed E-state index contributed by atoms with van der Waals surface area (Å²) in [5.74, 6) is -0.652. The predicted octanol–water partition coefficient (Wildman–Crippen LogP) is 5.98. The summed E-state index contributed by atoms with van der Waals surface area (Å²) in [5.41, 5.74) is 2.60. The largest absolute Gasteiger partial charge is 0.352 e. The number of para-hydroxylation sites is 2. The number of anilines is 2. The van der Waals surface area contributed by atoms with Crippen LogP contribution in [-0.2, 0) is 5.41 Å². The molecule has 0 aliphatic rings. The van der Waals surface area contributed by atoms with Crippen LogP contribution < -0.4 is 15.5 Å². The van der Waals surface area contributed by atoms with Crippen LogP contribution in [-0.4, -0.2) is 25.0 Å². The molecule has 3 rings (SSSR count). The van der Waals surface area contributed by atoms with Crippen molar-refractivity contribution >= 4 is 23.3 Å². The maximum absolute atomic E-state index is 14.0. The van der Waals surface area contributed by atoms with Gasteiger partial charge in [-0.25, -0.2) is 9.18 Å². The normalized spacial score (nSPS) is 11.0. The van der Waals surface area contributed by atoms with Crippen LogP contribution in [0.2, 0.25) is 0 Å². The molecule has 3 amide bonds. The number of rotatable bonds is 7. The number of nitrogens with one attached hydrogen (secondary N) is 2. The second-order valence-electron chi connectivity index (χ2n) is 8.83. The van der Waals surface area contributed by atoms with Gasteiger partial charge in [0.05, 0.1) is 5.69 Å². The fourth-order valence-corrected chi connectivity index (χ4v) is 3.36. The lowest BCUT2D eigenvalue weighted by Crippen LogP contribution is -2.37. The maximum Gasteiger partial charge on any atom is 0.326 e. The minimum absolute atomic E-state index is 0.0269. The highest BCUT2D eigenvalue weighted by Gasteiger charge is 2.17. The summed E-state index contributed by atoms with van der Waals surface area (Å²) < 4.78 is 14.0. The van der Waals surface area contributed by atoms with Crippen molar-refractivity contribution in [3.05, 3.63) is 95.8 Å². The fourth-order valence-electron chi connectivity index (χ4n) is 3.36. The topological polar surface area (TPSA) is 61.4 Å². The first-order valence-corrected chi connectivity index (χ1v) is 11.0. The molecule has 6 heteroatoms. The maximum atomic E-state index is 14.0. The molecule has 0 aliphatic carbocycles. The lowest BCUT2D eigenvalue weighted by molar-refractivity contribution is 0.0953. The molecule has 0 aromatic heterocycles. The van der Waals surface area contributed by atoms with E-state index in [0.717, 1.165) is 0 Å². The summed E-state index contributed by atoms with van der Waals surface area (Å²) in [6.45, 7) is 7.14. The number of hydrogen-bond donors (Lipinski definition) is 2. The first-order chi connectivity index (χ1) is 15.8. The summed E-state index contributed by atoms with van der Waals surface area (Å²) >= 11 is 0. The summed E-state index contributed by atoms with van der Waals surface area (Å²) in [5, 5.41) is 5.53. The Morgan fingerprint density at radius 2 is 1.52 bits per heavy atom. The molecule has 0 saturated heterocycles.